The number of aromatic nitrogens is 2. The number of nitriles is 1. The molecule has 15 nitrogen and oxygen atoms in total. The van der Waals surface area contributed by atoms with Crippen molar-refractivity contribution in [1.29, 1.82) is 5.26 Å². The second kappa shape index (κ2) is 36.2. The number of nitrogens with one attached hydrogen (secondary N) is 2. The number of ether oxygens (including phenoxy) is 5. The molecular formula is C63H92N5O10P. The van der Waals surface area contributed by atoms with Crippen LogP contribution < -0.4 is 26.0 Å². The van der Waals surface area contributed by atoms with Gasteiger partial charge in [-0.15, -0.1) is 0 Å². The zero-order valence-corrected chi connectivity index (χ0v) is 49.3. The van der Waals surface area contributed by atoms with Crippen LogP contribution >= 0.6 is 8.53 Å². The van der Waals surface area contributed by atoms with Crippen molar-refractivity contribution in [3.05, 3.63) is 141 Å². The summed E-state index contributed by atoms with van der Waals surface area (Å²) in [6.07, 6.45) is 22.3. The standard InChI is InChI=1S/C63H92N5O10P/c1-8-9-10-11-12-13-14-15-16-17-18-19-20-21-27-33-57(69)65-44-28-22-23-29-46-74-60-59(78-79(76-47-30-43-64)68(49(2)3)50(4)5)56(77-61(60)67-45-42-58(70)66-62(67)71)48-75-63(51-31-25-24-26-32-51,52-34-38-54(72-6)39-35-52)53-36-40-55(73-7)41-37-53/h15-16,24-26,31-32,34-42,45,49-50,56,59-61H,8-14,17-23,27-30,33,44,46-48H2,1-7H3,(H,65,69)(H,66,70,71)/b16-15-/t56-,59?,60+,61-,79?/m1/s1. The molecule has 0 spiro atoms. The van der Waals surface area contributed by atoms with E-state index in [0.29, 0.717) is 37.5 Å². The lowest BCUT2D eigenvalue weighted by molar-refractivity contribution is -0.121. The van der Waals surface area contributed by atoms with Gasteiger partial charge in [0.1, 0.15) is 35.4 Å². The Bertz CT molecular complexity index is 2440. The van der Waals surface area contributed by atoms with E-state index in [4.69, 9.17) is 32.7 Å². The molecule has 0 aliphatic carbocycles. The van der Waals surface area contributed by atoms with Gasteiger partial charge in [0.05, 0.1) is 39.9 Å². The van der Waals surface area contributed by atoms with E-state index in [9.17, 15) is 19.6 Å². The highest BCUT2D eigenvalue weighted by molar-refractivity contribution is 7.44. The molecule has 1 aromatic heterocycles. The van der Waals surface area contributed by atoms with Crippen LogP contribution in [0, 0.1) is 11.3 Å². The zero-order valence-electron chi connectivity index (χ0n) is 48.4. The van der Waals surface area contributed by atoms with Crippen molar-refractivity contribution in [3.63, 3.8) is 0 Å². The minimum atomic E-state index is -1.85. The van der Waals surface area contributed by atoms with E-state index in [-0.39, 0.29) is 37.6 Å². The number of amides is 1. The zero-order chi connectivity index (χ0) is 56.7. The first-order valence-electron chi connectivity index (χ1n) is 29.2. The third-order valence-electron chi connectivity index (χ3n) is 14.3. The fraction of sp³-hybridized carbons (Fsp3) is 0.587. The van der Waals surface area contributed by atoms with Crippen LogP contribution in [-0.4, -0.2) is 91.1 Å². The maximum atomic E-state index is 13.7. The van der Waals surface area contributed by atoms with E-state index in [1.54, 1.807) is 14.2 Å². The lowest BCUT2D eigenvalue weighted by Gasteiger charge is -2.39. The summed E-state index contributed by atoms with van der Waals surface area (Å²) < 4.78 is 49.6. The summed E-state index contributed by atoms with van der Waals surface area (Å²) in [4.78, 5) is 41.3. The Balaban J connectivity index is 1.30. The van der Waals surface area contributed by atoms with Crippen LogP contribution in [0.2, 0.25) is 0 Å². The van der Waals surface area contributed by atoms with Gasteiger partial charge in [0.15, 0.2) is 6.23 Å². The molecule has 5 atom stereocenters. The average Bonchev–Trinajstić information content (AvgIpc) is 3.79. The molecule has 1 aliphatic rings. The van der Waals surface area contributed by atoms with Crippen LogP contribution in [0.5, 0.6) is 11.5 Å². The van der Waals surface area contributed by atoms with Gasteiger partial charge in [-0.1, -0.05) is 138 Å². The topological polar surface area (TPSA) is 176 Å². The SMILES string of the molecule is CCCCCCCC/C=C\CCCCCCCC(=O)NCCCCCCO[C@H]1C(OP(OCCC#N)N(C(C)C)C(C)C)[C@@H](COC(c2ccccc2)(c2ccc(OC)cc2)c2ccc(OC)cc2)O[C@H]1n1ccc(=O)[nH]c1=O. The fourth-order valence-electron chi connectivity index (χ4n) is 10.2. The Labute approximate surface area is 472 Å². The minimum absolute atomic E-state index is 0.0187. The summed E-state index contributed by atoms with van der Waals surface area (Å²) in [7, 11) is 1.40. The molecule has 1 aliphatic heterocycles. The summed E-state index contributed by atoms with van der Waals surface area (Å²) in [5.41, 5.74) is 0.0248. The first-order chi connectivity index (χ1) is 38.5. The smallest absolute Gasteiger partial charge is 0.330 e. The monoisotopic (exact) mass is 1110 g/mol. The third-order valence-corrected chi connectivity index (χ3v) is 16.4. The number of benzene rings is 3. The molecule has 2 heterocycles. The summed E-state index contributed by atoms with van der Waals surface area (Å²) >= 11 is 0. The van der Waals surface area contributed by atoms with Gasteiger partial charge >= 0.3 is 5.69 Å². The largest absolute Gasteiger partial charge is 0.497 e. The number of methoxy groups -OCH3 is 2. The molecule has 0 radical (unpaired) electrons. The van der Waals surface area contributed by atoms with Gasteiger partial charge in [-0.2, -0.15) is 5.26 Å². The lowest BCUT2D eigenvalue weighted by Crippen LogP contribution is -2.43. The van der Waals surface area contributed by atoms with Crippen molar-refractivity contribution in [1.82, 2.24) is 19.5 Å². The highest BCUT2D eigenvalue weighted by Crippen LogP contribution is 2.51. The van der Waals surface area contributed by atoms with Crippen LogP contribution in [0.3, 0.4) is 0 Å². The van der Waals surface area contributed by atoms with Crippen molar-refractivity contribution < 1.29 is 37.5 Å². The van der Waals surface area contributed by atoms with Crippen LogP contribution in [-0.2, 0) is 33.7 Å². The number of nitrogens with zero attached hydrogens (tertiary/aromatic N) is 3. The number of carbonyl (C=O) groups is 1. The first kappa shape index (κ1) is 64.6. The molecule has 0 bridgehead atoms. The van der Waals surface area contributed by atoms with E-state index in [2.05, 4.69) is 67.8 Å². The molecule has 1 fully saturated rings. The molecule has 1 saturated heterocycles. The molecule has 16 heteroatoms. The summed E-state index contributed by atoms with van der Waals surface area (Å²) in [5, 5.41) is 12.7. The van der Waals surface area contributed by atoms with Crippen LogP contribution in [0.25, 0.3) is 0 Å². The Morgan fingerprint density at radius 3 is 1.90 bits per heavy atom. The van der Waals surface area contributed by atoms with Gasteiger partial charge in [-0.05, 0) is 114 Å². The molecule has 5 rings (SSSR count). The number of hydrogen-bond donors (Lipinski definition) is 2. The Morgan fingerprint density at radius 1 is 0.747 bits per heavy atom. The van der Waals surface area contributed by atoms with E-state index in [0.717, 1.165) is 61.6 Å². The van der Waals surface area contributed by atoms with E-state index < -0.39 is 49.9 Å². The van der Waals surface area contributed by atoms with Crippen molar-refractivity contribution in [2.24, 2.45) is 0 Å². The highest BCUT2D eigenvalue weighted by Gasteiger charge is 2.51. The van der Waals surface area contributed by atoms with Gasteiger partial charge in [0, 0.05) is 43.9 Å². The summed E-state index contributed by atoms with van der Waals surface area (Å²) in [6.45, 7) is 11.5. The molecule has 2 unspecified atom stereocenters. The second-order valence-corrected chi connectivity index (χ2v) is 22.4. The van der Waals surface area contributed by atoms with Crippen molar-refractivity contribution in [2.75, 3.05) is 40.6 Å². The molecule has 3 aromatic carbocycles. The predicted molar refractivity (Wildman–Crippen MR) is 314 cm³/mol. The van der Waals surface area contributed by atoms with Gasteiger partial charge in [-0.3, -0.25) is 19.1 Å². The van der Waals surface area contributed by atoms with E-state index in [1.165, 1.54) is 74.6 Å². The molecular weight excluding hydrogens is 1020 g/mol. The van der Waals surface area contributed by atoms with Gasteiger partial charge in [0.2, 0.25) is 5.91 Å². The molecule has 1 amide bonds. The average molecular weight is 1110 g/mol. The van der Waals surface area contributed by atoms with E-state index >= 15 is 0 Å². The number of carbonyl (C=O) groups excluding carboxylic acids is 1. The molecule has 4 aromatic rings. The maximum Gasteiger partial charge on any atom is 0.330 e. The van der Waals surface area contributed by atoms with Crippen molar-refractivity contribution >= 4 is 14.4 Å². The second-order valence-electron chi connectivity index (χ2n) is 20.9. The van der Waals surface area contributed by atoms with Crippen LogP contribution in [0.1, 0.15) is 180 Å². The Morgan fingerprint density at radius 2 is 1.32 bits per heavy atom. The first-order valence-corrected chi connectivity index (χ1v) is 30.3. The van der Waals surface area contributed by atoms with Crippen molar-refractivity contribution in [2.45, 2.75) is 199 Å². The predicted octanol–water partition coefficient (Wildman–Crippen LogP) is 13.2. The molecule has 79 heavy (non-hydrogen) atoms. The number of hydrogen-bond acceptors (Lipinski definition) is 12. The Hall–Kier alpha value is -5.17. The number of aromatic amines is 1. The number of rotatable bonds is 40. The van der Waals surface area contributed by atoms with Gasteiger partial charge in [-0.25, -0.2) is 9.46 Å². The van der Waals surface area contributed by atoms with Crippen molar-refractivity contribution in [3.8, 4) is 17.6 Å². The lowest BCUT2D eigenvalue weighted by atomic mass is 9.80. The normalized spacial score (nSPS) is 17.0. The molecule has 434 valence electrons. The fourth-order valence-corrected chi connectivity index (χ4v) is 11.9. The van der Waals surface area contributed by atoms with Crippen LogP contribution in [0.4, 0.5) is 0 Å². The summed E-state index contributed by atoms with van der Waals surface area (Å²) in [6, 6.07) is 28.9. The number of allylic oxidation sites excluding steroid dienone is 2. The van der Waals surface area contributed by atoms with E-state index in [1.807, 2.05) is 78.9 Å². The maximum absolute atomic E-state index is 13.7. The minimum Gasteiger partial charge on any atom is -0.497 e. The molecule has 2 N–H and O–H groups in total. The number of unbranched alkanes of at least 4 members (excludes halogenated alkanes) is 14. The molecule has 0 saturated carbocycles. The third kappa shape index (κ3) is 20.7. The Kier molecular flexibility index (Phi) is 29.7. The summed E-state index contributed by atoms with van der Waals surface area (Å²) in [5.74, 6) is 1.46. The quantitative estimate of drug-likeness (QED) is 0.0187. The van der Waals surface area contributed by atoms with Gasteiger partial charge in [0.25, 0.3) is 14.1 Å². The van der Waals surface area contributed by atoms with Gasteiger partial charge < -0.3 is 38.0 Å². The van der Waals surface area contributed by atoms with Crippen LogP contribution in [0.15, 0.2) is 113 Å². The number of H-pyrrole nitrogens is 1. The highest BCUT2D eigenvalue weighted by atomic mass is 31.2.